The third-order valence-corrected chi connectivity index (χ3v) is 18.0. The second-order valence-electron chi connectivity index (χ2n) is 27.7. The number of aliphatic carboxylic acids is 1. The van der Waals surface area contributed by atoms with Gasteiger partial charge in [-0.15, -0.1) is 0 Å². The van der Waals surface area contributed by atoms with Crippen LogP contribution in [0.1, 0.15) is 134 Å². The number of carbonyl (C=O) groups excluding carboxylic acids is 13. The van der Waals surface area contributed by atoms with E-state index >= 15 is 0 Å². The summed E-state index contributed by atoms with van der Waals surface area (Å²) in [5, 5.41) is 51.2. The molecule has 0 radical (unpaired) electrons. The minimum absolute atomic E-state index is 0.00770. The van der Waals surface area contributed by atoms with Gasteiger partial charge in [-0.05, 0) is 145 Å². The zero-order chi connectivity index (χ0) is 82.8. The molecule has 2 fully saturated rings. The highest BCUT2D eigenvalue weighted by Crippen LogP contribution is 2.22. The first-order valence-corrected chi connectivity index (χ1v) is 37.5. The number of aliphatic imine (C=N–C) groups is 3. The first-order valence-electron chi connectivity index (χ1n) is 37.5. The zero-order valence-electron chi connectivity index (χ0n) is 63.5. The van der Waals surface area contributed by atoms with Crippen molar-refractivity contribution in [2.24, 2.45) is 72.5 Å². The molecule has 4 rings (SSSR count). The Hall–Kier alpha value is -11.5. The van der Waals surface area contributed by atoms with E-state index in [0.29, 0.717) is 36.8 Å². The van der Waals surface area contributed by atoms with Gasteiger partial charge in [0.25, 0.3) is 0 Å². The predicted molar refractivity (Wildman–Crippen MR) is 413 cm³/mol. The van der Waals surface area contributed by atoms with Crippen molar-refractivity contribution in [3.8, 4) is 5.75 Å². The van der Waals surface area contributed by atoms with Crippen molar-refractivity contribution < 1.29 is 77.3 Å². The van der Waals surface area contributed by atoms with Gasteiger partial charge in [-0.2, -0.15) is 0 Å². The minimum Gasteiger partial charge on any atom is -0.508 e. The molecule has 2 aliphatic heterocycles. The summed E-state index contributed by atoms with van der Waals surface area (Å²) in [6, 6.07) is -2.32. The molecule has 0 aliphatic carbocycles. The number of fused-ring (bicyclic) bond motifs is 1. The number of phenols is 1. The largest absolute Gasteiger partial charge is 0.508 e. The predicted octanol–water partition coefficient (Wildman–Crippen LogP) is -7.45. The van der Waals surface area contributed by atoms with Crippen LogP contribution in [0.3, 0.4) is 0 Å². The molecule has 112 heavy (non-hydrogen) atoms. The van der Waals surface area contributed by atoms with Crippen LogP contribution in [0.25, 0.3) is 0 Å². The van der Waals surface area contributed by atoms with Crippen LogP contribution in [0.4, 0.5) is 0 Å². The van der Waals surface area contributed by atoms with Gasteiger partial charge in [0, 0.05) is 45.6 Å². The van der Waals surface area contributed by atoms with E-state index in [-0.39, 0.29) is 165 Å². The highest BCUT2D eigenvalue weighted by molar-refractivity contribution is 6.00. The van der Waals surface area contributed by atoms with Gasteiger partial charge < -0.3 is 131 Å². The van der Waals surface area contributed by atoms with E-state index in [9.17, 15) is 77.3 Å². The number of rotatable bonds is 28. The average molecular weight is 1570 g/mol. The number of amides is 13. The number of unbranched alkanes of at least 4 members (excludes halogenated alkanes) is 2. The first kappa shape index (κ1) is 92.9. The summed E-state index contributed by atoms with van der Waals surface area (Å²) in [5.41, 5.74) is 52.5. The molecule has 0 bridgehead atoms. The van der Waals surface area contributed by atoms with Crippen molar-refractivity contribution in [1.29, 1.82) is 0 Å². The lowest BCUT2D eigenvalue weighted by Gasteiger charge is -2.31. The van der Waals surface area contributed by atoms with Gasteiger partial charge in [-0.3, -0.25) is 82.1 Å². The summed E-state index contributed by atoms with van der Waals surface area (Å²) >= 11 is 0. The molecule has 620 valence electrons. The monoisotopic (exact) mass is 1570 g/mol. The molecule has 2 aromatic carbocycles. The fourth-order valence-corrected chi connectivity index (χ4v) is 12.1. The third kappa shape index (κ3) is 35.0. The van der Waals surface area contributed by atoms with Crippen molar-refractivity contribution >= 4 is 101 Å². The van der Waals surface area contributed by atoms with Crippen molar-refractivity contribution in [3.05, 3.63) is 65.7 Å². The van der Waals surface area contributed by atoms with Crippen molar-refractivity contribution in [1.82, 2.24) is 68.7 Å². The Kier molecular flexibility index (Phi) is 41.2. The van der Waals surface area contributed by atoms with E-state index in [1.165, 1.54) is 29.2 Å². The van der Waals surface area contributed by atoms with Gasteiger partial charge in [0.1, 0.15) is 66.2 Å². The number of phenolic OH excluding ortho intramolecular Hbond substituents is 1. The maximum Gasteiger partial charge on any atom is 0.305 e. The molecule has 2 saturated heterocycles. The number of guanidine groups is 3. The Balaban J connectivity index is 1.83. The number of nitrogens with zero attached hydrogens (tertiary/aromatic N) is 4. The van der Waals surface area contributed by atoms with Gasteiger partial charge >= 0.3 is 5.97 Å². The summed E-state index contributed by atoms with van der Waals surface area (Å²) in [7, 11) is 0. The molecule has 2 aromatic rings. The van der Waals surface area contributed by atoms with Crippen LogP contribution in [0.2, 0.25) is 0 Å². The molecule has 41 heteroatoms. The van der Waals surface area contributed by atoms with E-state index in [2.05, 4.69) is 78.8 Å². The molecule has 0 spiro atoms. The van der Waals surface area contributed by atoms with Crippen molar-refractivity contribution in [2.45, 2.75) is 202 Å². The fourth-order valence-electron chi connectivity index (χ4n) is 12.1. The second-order valence-corrected chi connectivity index (χ2v) is 27.7. The van der Waals surface area contributed by atoms with Crippen LogP contribution < -0.4 is 115 Å². The van der Waals surface area contributed by atoms with E-state index in [1.54, 1.807) is 44.2 Å². The summed E-state index contributed by atoms with van der Waals surface area (Å²) in [5.74, 6) is -14.6. The van der Waals surface area contributed by atoms with Gasteiger partial charge in [-0.1, -0.05) is 56.3 Å². The van der Waals surface area contributed by atoms with Gasteiger partial charge in [0.2, 0.25) is 76.8 Å². The average Bonchev–Trinajstić information content (AvgIpc) is 1.62. The smallest absolute Gasteiger partial charge is 0.305 e. The molecular weight excluding hydrogens is 1460 g/mol. The number of benzene rings is 2. The Morgan fingerprint density at radius 2 is 0.866 bits per heavy atom. The number of carboxylic acids is 1. The lowest BCUT2D eigenvalue weighted by molar-refractivity contribution is -0.142. The van der Waals surface area contributed by atoms with Gasteiger partial charge in [0.15, 0.2) is 17.9 Å². The quantitative estimate of drug-likeness (QED) is 0.0214. The Bertz CT molecular complexity index is 3560. The topological polar surface area (TPSA) is 698 Å². The fraction of sp³-hybridized carbons (Fsp3) is 0.592. The third-order valence-electron chi connectivity index (χ3n) is 18.0. The number of aromatic hydroxyl groups is 1. The van der Waals surface area contributed by atoms with E-state index in [1.807, 2.05) is 0 Å². The number of carboxylic acid groups (broad SMARTS) is 1. The number of nitrogens with two attached hydrogens (primary N) is 9. The standard InChI is InChI=1S/C71H115N25O16/c1-40(2)34-50-64(108)89-46(16-6-8-27-72)62(106)94-51(36-42-22-24-43(97)25-23-42)60(104)86-38-55(98)85-39-56(99)87-52(35-41-14-4-3-5-15-41)65(109)95-53(37-57(100)101)66(110)90-48(19-11-30-83-70(77)78)61(105)88-45(18-10-29-82-69(75)76)59(103)81-32-26-44(74)58(102)92-49(20-12-31-84-71(79)80)68(112)96-33-13-21-54(96)67(111)91-47(63(107)93-50)17-7-9-28-73/h3-5,14-15,22-25,40,44-54,97H,6-13,16-21,26-39,72-74H2,1-2H3,(H,81,103)(H,85,98)(H,86,104)(H,87,99)(H,88,105)(H,89,108)(H,90,110)(H,91,111)(H,92,102)(H,93,107)(H,94,106)(H,95,109)(H,100,101)(H4,75,76,82)(H4,77,78,83)(H4,79,80,84)/t44-,45-,46-,47-,48-,49-,50-,51-,52-,53-,54-/m0/s1. The molecule has 32 N–H and O–H groups in total. The van der Waals surface area contributed by atoms with Crippen LogP contribution in [-0.2, 0) is 80.0 Å². The molecule has 2 aliphatic rings. The minimum atomic E-state index is -1.96. The highest BCUT2D eigenvalue weighted by atomic mass is 16.4. The Morgan fingerprint density at radius 1 is 0.455 bits per heavy atom. The molecule has 0 aromatic heterocycles. The number of carbonyl (C=O) groups is 14. The Labute approximate surface area is 649 Å². The molecular formula is C71H115N25O16. The zero-order valence-corrected chi connectivity index (χ0v) is 63.5. The number of nitrogens with one attached hydrogen (secondary N) is 12. The van der Waals surface area contributed by atoms with Crippen molar-refractivity contribution in [3.63, 3.8) is 0 Å². The summed E-state index contributed by atoms with van der Waals surface area (Å²) in [6.45, 7) is 1.96. The molecule has 11 atom stereocenters. The Morgan fingerprint density at radius 3 is 1.38 bits per heavy atom. The molecule has 0 unspecified atom stereocenters. The maximum absolute atomic E-state index is 14.8. The van der Waals surface area contributed by atoms with Crippen LogP contribution in [0, 0.1) is 5.92 Å². The van der Waals surface area contributed by atoms with E-state index < -0.39 is 169 Å². The summed E-state index contributed by atoms with van der Waals surface area (Å²) < 4.78 is 0. The summed E-state index contributed by atoms with van der Waals surface area (Å²) in [4.78, 5) is 212. The van der Waals surface area contributed by atoms with Crippen LogP contribution >= 0.6 is 0 Å². The van der Waals surface area contributed by atoms with Crippen LogP contribution in [0.15, 0.2) is 69.6 Å². The number of hydrogen-bond donors (Lipinski definition) is 23. The van der Waals surface area contributed by atoms with Crippen molar-refractivity contribution in [2.75, 3.05) is 58.9 Å². The first-order chi connectivity index (χ1) is 53.3. The van der Waals surface area contributed by atoms with Crippen LogP contribution in [0.5, 0.6) is 5.75 Å². The lowest BCUT2D eigenvalue weighted by Crippen LogP contribution is -2.60. The number of hydrogen-bond acceptors (Lipinski definition) is 21. The second kappa shape index (κ2) is 49.6. The van der Waals surface area contributed by atoms with E-state index in [0.717, 1.165) is 0 Å². The van der Waals surface area contributed by atoms with Crippen LogP contribution in [-0.4, -0.2) is 241 Å². The van der Waals surface area contributed by atoms with Gasteiger partial charge in [-0.25, -0.2) is 0 Å². The maximum atomic E-state index is 14.8. The lowest BCUT2D eigenvalue weighted by atomic mass is 10.00. The normalized spacial score (nSPS) is 23.3. The highest BCUT2D eigenvalue weighted by Gasteiger charge is 2.41. The molecule has 41 nitrogen and oxygen atoms in total. The molecule has 0 saturated carbocycles. The van der Waals surface area contributed by atoms with Gasteiger partial charge in [0.05, 0.1) is 25.6 Å². The SMILES string of the molecule is CC(C)C[C@@H]1NC(=O)[C@H](CCCCN)NC(=O)[C@@H]2CCCN2C(=O)[C@H](CCCN=C(N)N)NC(=O)[C@@H](N)CCNC(=O)[C@H](CCCN=C(N)N)NC(=O)[C@H](CCCN=C(N)N)NC(=O)[C@H](CC(=O)O)NC(=O)[C@H](Cc2ccccc2)NC(=O)CNC(=O)CNC(=O)[C@H](Cc2ccc(O)cc2)NC(=O)[C@H](CCCCN)NC1=O. The van der Waals surface area contributed by atoms with E-state index in [4.69, 9.17) is 51.6 Å². The molecule has 2 heterocycles. The molecule has 13 amide bonds. The summed E-state index contributed by atoms with van der Waals surface area (Å²) in [6.07, 6.45) is -0.316.